The van der Waals surface area contributed by atoms with Crippen molar-refractivity contribution in [3.05, 3.63) is 76.8 Å². The molecular formula is C21H22ClNO. The summed E-state index contributed by atoms with van der Waals surface area (Å²) in [6.45, 7) is 6.25. The van der Waals surface area contributed by atoms with Gasteiger partial charge in [0.1, 0.15) is 0 Å². The molecule has 2 aromatic carbocycles. The molecule has 0 unspecified atom stereocenters. The molecule has 0 fully saturated rings. The molecule has 24 heavy (non-hydrogen) atoms. The maximum absolute atomic E-state index is 11.9. The molecule has 0 aliphatic carbocycles. The van der Waals surface area contributed by atoms with Gasteiger partial charge in [0.2, 0.25) is 0 Å². The number of hydrogen-bond donors (Lipinski definition) is 0. The fourth-order valence-corrected chi connectivity index (χ4v) is 2.61. The zero-order chi connectivity index (χ0) is 17.4. The van der Waals surface area contributed by atoms with Crippen LogP contribution in [0.3, 0.4) is 0 Å². The molecule has 124 valence electrons. The van der Waals surface area contributed by atoms with Crippen molar-refractivity contribution in [3.63, 3.8) is 0 Å². The van der Waals surface area contributed by atoms with E-state index in [9.17, 15) is 4.79 Å². The van der Waals surface area contributed by atoms with E-state index in [1.807, 2.05) is 42.5 Å². The third-order valence-electron chi connectivity index (χ3n) is 3.75. The lowest BCUT2D eigenvalue weighted by Gasteiger charge is -2.20. The molecule has 0 saturated heterocycles. The van der Waals surface area contributed by atoms with Crippen LogP contribution in [0.2, 0.25) is 5.02 Å². The van der Waals surface area contributed by atoms with Crippen LogP contribution in [0.4, 0.5) is 5.69 Å². The molecule has 0 aliphatic rings. The standard InChI is InChI=1S/C21H22ClNO/c1-3-23(4-2)20-12-8-17(9-13-20)10-14-21(24)15-11-18-6-5-7-19(22)16-18/h5-16H,3-4H2,1-2H3/b14-10+,15-11+. The van der Waals surface area contributed by atoms with Gasteiger partial charge in [0.05, 0.1) is 0 Å². The first-order valence-corrected chi connectivity index (χ1v) is 8.51. The topological polar surface area (TPSA) is 20.3 Å². The number of nitrogens with zero attached hydrogens (tertiary/aromatic N) is 1. The number of allylic oxidation sites excluding steroid dienone is 2. The lowest BCUT2D eigenvalue weighted by molar-refractivity contribution is -0.110. The van der Waals surface area contributed by atoms with Gasteiger partial charge in [-0.2, -0.15) is 0 Å². The molecule has 3 heteroatoms. The van der Waals surface area contributed by atoms with E-state index in [1.165, 1.54) is 5.69 Å². The SMILES string of the molecule is CCN(CC)c1ccc(/C=C/C(=O)/C=C/c2cccc(Cl)c2)cc1. The van der Waals surface area contributed by atoms with Crippen molar-refractivity contribution in [2.24, 2.45) is 0 Å². The Balaban J connectivity index is 1.98. The van der Waals surface area contributed by atoms with Gasteiger partial charge in [-0.3, -0.25) is 4.79 Å². The van der Waals surface area contributed by atoms with Gasteiger partial charge in [-0.15, -0.1) is 0 Å². The van der Waals surface area contributed by atoms with E-state index in [0.717, 1.165) is 24.2 Å². The number of anilines is 1. The second-order valence-corrected chi connectivity index (χ2v) is 5.82. The predicted octanol–water partition coefficient (Wildman–Crippen LogP) is 5.48. The highest BCUT2D eigenvalue weighted by molar-refractivity contribution is 6.30. The van der Waals surface area contributed by atoms with Crippen molar-refractivity contribution in [1.82, 2.24) is 0 Å². The third kappa shape index (κ3) is 5.39. The van der Waals surface area contributed by atoms with Crippen LogP contribution in [0.25, 0.3) is 12.2 Å². The molecule has 2 nitrogen and oxygen atoms in total. The fourth-order valence-electron chi connectivity index (χ4n) is 2.41. The average Bonchev–Trinajstić information content (AvgIpc) is 2.60. The molecule has 0 aromatic heterocycles. The normalized spacial score (nSPS) is 11.3. The van der Waals surface area contributed by atoms with Crippen LogP contribution >= 0.6 is 11.6 Å². The Kier molecular flexibility index (Phi) is 6.83. The van der Waals surface area contributed by atoms with Crippen LogP contribution < -0.4 is 4.90 Å². The Morgan fingerprint density at radius 3 is 2.17 bits per heavy atom. The molecule has 0 N–H and O–H groups in total. The number of halogens is 1. The zero-order valence-electron chi connectivity index (χ0n) is 14.1. The van der Waals surface area contributed by atoms with Gasteiger partial charge in [-0.05, 0) is 61.4 Å². The maximum atomic E-state index is 11.9. The number of hydrogen-bond acceptors (Lipinski definition) is 2. The van der Waals surface area contributed by atoms with Crippen molar-refractivity contribution in [3.8, 4) is 0 Å². The summed E-state index contributed by atoms with van der Waals surface area (Å²) >= 11 is 5.92. The molecule has 2 rings (SSSR count). The highest BCUT2D eigenvalue weighted by Crippen LogP contribution is 2.16. The zero-order valence-corrected chi connectivity index (χ0v) is 14.8. The minimum Gasteiger partial charge on any atom is -0.372 e. The molecule has 0 heterocycles. The molecular weight excluding hydrogens is 318 g/mol. The summed E-state index contributed by atoms with van der Waals surface area (Å²) in [5.41, 5.74) is 3.12. The van der Waals surface area contributed by atoms with Gasteiger partial charge in [-0.25, -0.2) is 0 Å². The van der Waals surface area contributed by atoms with Gasteiger partial charge in [0.25, 0.3) is 0 Å². The first kappa shape index (κ1) is 18.0. The van der Waals surface area contributed by atoms with Crippen LogP contribution in [-0.2, 0) is 4.79 Å². The van der Waals surface area contributed by atoms with Gasteiger partial charge in [0.15, 0.2) is 5.78 Å². The summed E-state index contributed by atoms with van der Waals surface area (Å²) < 4.78 is 0. The van der Waals surface area contributed by atoms with Crippen LogP contribution in [0.15, 0.2) is 60.7 Å². The molecule has 2 aromatic rings. The van der Waals surface area contributed by atoms with Gasteiger partial charge in [-0.1, -0.05) is 48.0 Å². The van der Waals surface area contributed by atoms with Gasteiger partial charge in [0, 0.05) is 23.8 Å². The molecule has 0 spiro atoms. The largest absolute Gasteiger partial charge is 0.372 e. The van der Waals surface area contributed by atoms with Crippen molar-refractivity contribution in [1.29, 1.82) is 0 Å². The van der Waals surface area contributed by atoms with Crippen molar-refractivity contribution >= 4 is 35.2 Å². The monoisotopic (exact) mass is 339 g/mol. The Morgan fingerprint density at radius 2 is 1.58 bits per heavy atom. The van der Waals surface area contributed by atoms with E-state index < -0.39 is 0 Å². The second kappa shape index (κ2) is 9.09. The molecule has 0 saturated carbocycles. The first-order valence-electron chi connectivity index (χ1n) is 8.13. The fraction of sp³-hybridized carbons (Fsp3) is 0.190. The summed E-state index contributed by atoms with van der Waals surface area (Å²) in [5, 5.41) is 0.661. The molecule has 0 radical (unpaired) electrons. The van der Waals surface area contributed by atoms with E-state index in [0.29, 0.717) is 5.02 Å². The number of rotatable bonds is 7. The third-order valence-corrected chi connectivity index (χ3v) is 3.99. The lowest BCUT2D eigenvalue weighted by atomic mass is 10.1. The summed E-state index contributed by atoms with van der Waals surface area (Å²) in [4.78, 5) is 14.2. The average molecular weight is 340 g/mol. The first-order chi connectivity index (χ1) is 11.6. The predicted molar refractivity (Wildman–Crippen MR) is 105 cm³/mol. The molecule has 0 bridgehead atoms. The Labute approximate surface area is 149 Å². The number of ketones is 1. The van der Waals surface area contributed by atoms with E-state index >= 15 is 0 Å². The molecule has 0 atom stereocenters. The highest BCUT2D eigenvalue weighted by Gasteiger charge is 2.00. The second-order valence-electron chi connectivity index (χ2n) is 5.39. The smallest absolute Gasteiger partial charge is 0.178 e. The van der Waals surface area contributed by atoms with Crippen LogP contribution in [0, 0.1) is 0 Å². The molecule has 0 amide bonds. The quantitative estimate of drug-likeness (QED) is 0.622. The lowest BCUT2D eigenvalue weighted by Crippen LogP contribution is -2.21. The van der Waals surface area contributed by atoms with Crippen LogP contribution in [0.5, 0.6) is 0 Å². The summed E-state index contributed by atoms with van der Waals surface area (Å²) in [7, 11) is 0. The molecule has 0 aliphatic heterocycles. The van der Waals surface area contributed by atoms with E-state index in [4.69, 9.17) is 11.6 Å². The van der Waals surface area contributed by atoms with Crippen molar-refractivity contribution in [2.75, 3.05) is 18.0 Å². The van der Waals surface area contributed by atoms with E-state index in [2.05, 4.69) is 30.9 Å². The van der Waals surface area contributed by atoms with Crippen molar-refractivity contribution < 1.29 is 4.79 Å². The number of benzene rings is 2. The van der Waals surface area contributed by atoms with Gasteiger partial charge < -0.3 is 4.90 Å². The van der Waals surface area contributed by atoms with E-state index in [1.54, 1.807) is 18.2 Å². The van der Waals surface area contributed by atoms with Crippen LogP contribution in [0.1, 0.15) is 25.0 Å². The summed E-state index contributed by atoms with van der Waals surface area (Å²) in [6.07, 6.45) is 6.72. The minimum atomic E-state index is -0.0530. The minimum absolute atomic E-state index is 0.0530. The van der Waals surface area contributed by atoms with Gasteiger partial charge >= 0.3 is 0 Å². The number of carbonyl (C=O) groups excluding carboxylic acids is 1. The number of carbonyl (C=O) groups is 1. The summed E-state index contributed by atoms with van der Waals surface area (Å²) in [5.74, 6) is -0.0530. The summed E-state index contributed by atoms with van der Waals surface area (Å²) in [6, 6.07) is 15.6. The Hall–Kier alpha value is -2.32. The maximum Gasteiger partial charge on any atom is 0.178 e. The van der Waals surface area contributed by atoms with Crippen LogP contribution in [-0.4, -0.2) is 18.9 Å². The Morgan fingerprint density at radius 1 is 0.958 bits per heavy atom. The van der Waals surface area contributed by atoms with Crippen molar-refractivity contribution in [2.45, 2.75) is 13.8 Å². The van der Waals surface area contributed by atoms with E-state index in [-0.39, 0.29) is 5.78 Å². The highest BCUT2D eigenvalue weighted by atomic mass is 35.5. The Bertz CT molecular complexity index is 728.